The quantitative estimate of drug-likeness (QED) is 0.618. The second-order valence-corrected chi connectivity index (χ2v) is 8.05. The molecule has 3 atom stereocenters. The Hall–Kier alpha value is -3.36. The molecule has 2 aliphatic rings. The van der Waals surface area contributed by atoms with E-state index in [9.17, 15) is 5.26 Å². The maximum atomic E-state index is 9.28. The zero-order valence-electron chi connectivity index (χ0n) is 16.7. The zero-order valence-corrected chi connectivity index (χ0v) is 16.7. The molecule has 1 saturated carbocycles. The number of nitrogens with zero attached hydrogens (tertiary/aromatic N) is 3. The third-order valence-electron chi connectivity index (χ3n) is 6.27. The SMILES string of the molecule is N#CN1CC2CCC1[C@@H]2NCc1ccc(-c2cnccc2Oc2ccccc2)cc1. The third-order valence-corrected chi connectivity index (χ3v) is 6.27. The number of fused-ring (bicyclic) bond motifs is 2. The average molecular weight is 396 g/mol. The fourth-order valence-electron chi connectivity index (χ4n) is 4.76. The van der Waals surface area contributed by atoms with E-state index in [1.807, 2.05) is 47.5 Å². The van der Waals surface area contributed by atoms with Gasteiger partial charge >= 0.3 is 0 Å². The molecule has 2 heterocycles. The summed E-state index contributed by atoms with van der Waals surface area (Å²) < 4.78 is 6.08. The first-order valence-electron chi connectivity index (χ1n) is 10.5. The molecule has 0 amide bonds. The summed E-state index contributed by atoms with van der Waals surface area (Å²) in [4.78, 5) is 6.24. The van der Waals surface area contributed by atoms with E-state index in [0.717, 1.165) is 42.1 Å². The Balaban J connectivity index is 1.28. The van der Waals surface area contributed by atoms with Crippen molar-refractivity contribution in [1.29, 1.82) is 5.26 Å². The normalized spacial score (nSPS) is 22.1. The number of aromatic nitrogens is 1. The molecule has 150 valence electrons. The van der Waals surface area contributed by atoms with Crippen LogP contribution < -0.4 is 10.1 Å². The fraction of sp³-hybridized carbons (Fsp3) is 0.280. The highest BCUT2D eigenvalue weighted by Gasteiger charge is 2.46. The minimum Gasteiger partial charge on any atom is -0.457 e. The highest BCUT2D eigenvalue weighted by molar-refractivity contribution is 5.70. The summed E-state index contributed by atoms with van der Waals surface area (Å²) in [5, 5.41) is 13.0. The van der Waals surface area contributed by atoms with Gasteiger partial charge in [0.25, 0.3) is 0 Å². The van der Waals surface area contributed by atoms with Gasteiger partial charge in [0.1, 0.15) is 11.5 Å². The van der Waals surface area contributed by atoms with Gasteiger partial charge in [-0.2, -0.15) is 5.26 Å². The minimum absolute atomic E-state index is 0.368. The monoisotopic (exact) mass is 396 g/mol. The maximum absolute atomic E-state index is 9.28. The Bertz CT molecular complexity index is 1040. The first-order valence-corrected chi connectivity index (χ1v) is 10.5. The molecule has 2 unspecified atom stereocenters. The summed E-state index contributed by atoms with van der Waals surface area (Å²) in [5.41, 5.74) is 3.29. The topological polar surface area (TPSA) is 61.2 Å². The Morgan fingerprint density at radius 2 is 1.90 bits per heavy atom. The van der Waals surface area contributed by atoms with E-state index in [2.05, 4.69) is 40.8 Å². The molecular weight excluding hydrogens is 372 g/mol. The molecular formula is C25H24N4O. The summed E-state index contributed by atoms with van der Waals surface area (Å²) in [5.74, 6) is 2.20. The lowest BCUT2D eigenvalue weighted by atomic mass is 10.0. The molecule has 1 aliphatic heterocycles. The number of benzene rings is 2. The molecule has 1 N–H and O–H groups in total. The lowest BCUT2D eigenvalue weighted by Gasteiger charge is -2.21. The average Bonchev–Trinajstić information content (AvgIpc) is 3.36. The summed E-state index contributed by atoms with van der Waals surface area (Å²) >= 11 is 0. The highest BCUT2D eigenvalue weighted by atomic mass is 16.5. The van der Waals surface area contributed by atoms with Crippen LogP contribution in [0.5, 0.6) is 11.5 Å². The van der Waals surface area contributed by atoms with Crippen molar-refractivity contribution in [2.75, 3.05) is 6.54 Å². The van der Waals surface area contributed by atoms with E-state index in [4.69, 9.17) is 4.74 Å². The molecule has 1 aliphatic carbocycles. The molecule has 5 heteroatoms. The van der Waals surface area contributed by atoms with Gasteiger partial charge < -0.3 is 15.0 Å². The molecule has 0 radical (unpaired) electrons. The number of hydrogen-bond acceptors (Lipinski definition) is 5. The van der Waals surface area contributed by atoms with Crippen LogP contribution in [0.4, 0.5) is 0 Å². The van der Waals surface area contributed by atoms with Crippen LogP contribution in [-0.4, -0.2) is 28.5 Å². The zero-order chi connectivity index (χ0) is 20.3. The van der Waals surface area contributed by atoms with E-state index in [1.54, 1.807) is 6.20 Å². The second kappa shape index (κ2) is 8.17. The van der Waals surface area contributed by atoms with Crippen LogP contribution in [0.1, 0.15) is 18.4 Å². The van der Waals surface area contributed by atoms with Gasteiger partial charge in [0.2, 0.25) is 0 Å². The van der Waals surface area contributed by atoms with Crippen LogP contribution in [0.2, 0.25) is 0 Å². The first kappa shape index (κ1) is 18.7. The molecule has 5 nitrogen and oxygen atoms in total. The molecule has 5 rings (SSSR count). The first-order chi connectivity index (χ1) is 14.8. The van der Waals surface area contributed by atoms with Crippen molar-refractivity contribution >= 4 is 0 Å². The van der Waals surface area contributed by atoms with Crippen molar-refractivity contribution < 1.29 is 4.74 Å². The van der Waals surface area contributed by atoms with E-state index >= 15 is 0 Å². The van der Waals surface area contributed by atoms with Gasteiger partial charge in [-0.3, -0.25) is 4.98 Å². The number of likely N-dealkylation sites (tertiary alicyclic amines) is 1. The molecule has 2 bridgehead atoms. The Morgan fingerprint density at radius 3 is 2.67 bits per heavy atom. The van der Waals surface area contributed by atoms with Crippen LogP contribution in [0.3, 0.4) is 0 Å². The number of hydrogen-bond donors (Lipinski definition) is 1. The van der Waals surface area contributed by atoms with Gasteiger partial charge in [-0.25, -0.2) is 0 Å². The van der Waals surface area contributed by atoms with Gasteiger partial charge in [-0.1, -0.05) is 42.5 Å². The maximum Gasteiger partial charge on any atom is 0.179 e. The van der Waals surface area contributed by atoms with Crippen molar-refractivity contribution in [3.05, 3.63) is 78.6 Å². The Labute approximate surface area is 176 Å². The molecule has 3 aromatic rings. The number of rotatable bonds is 6. The van der Waals surface area contributed by atoms with Crippen molar-refractivity contribution in [2.24, 2.45) is 5.92 Å². The number of nitrogens with one attached hydrogen (secondary N) is 1. The van der Waals surface area contributed by atoms with Crippen LogP contribution in [0.25, 0.3) is 11.1 Å². The molecule has 0 spiro atoms. The summed E-state index contributed by atoms with van der Waals surface area (Å²) in [7, 11) is 0. The number of ether oxygens (including phenoxy) is 1. The van der Waals surface area contributed by atoms with Crippen molar-refractivity contribution in [2.45, 2.75) is 31.5 Å². The number of nitriles is 1. The van der Waals surface area contributed by atoms with E-state index in [0.29, 0.717) is 18.0 Å². The Morgan fingerprint density at radius 1 is 1.07 bits per heavy atom. The minimum atomic E-state index is 0.368. The van der Waals surface area contributed by atoms with Gasteiger partial charge in [0.05, 0.1) is 6.04 Å². The van der Waals surface area contributed by atoms with Crippen LogP contribution in [0.15, 0.2) is 73.1 Å². The van der Waals surface area contributed by atoms with Crippen molar-refractivity contribution in [1.82, 2.24) is 15.2 Å². The van der Waals surface area contributed by atoms with E-state index in [1.165, 1.54) is 12.0 Å². The number of piperidine rings is 1. The summed E-state index contributed by atoms with van der Waals surface area (Å²) in [6, 6.07) is 21.0. The number of pyridine rings is 1. The standard InChI is InChI=1S/C25H24N4O/c26-17-29-16-20-10-11-23(29)25(20)28-14-18-6-8-19(9-7-18)22-15-27-13-12-24(22)30-21-4-2-1-3-5-21/h1-9,12-13,15,20,23,25,28H,10-11,14,16H2/t20?,23?,25-/m1/s1. The molecule has 1 aromatic heterocycles. The largest absolute Gasteiger partial charge is 0.457 e. The number of para-hydroxylation sites is 1. The third kappa shape index (κ3) is 3.62. The molecule has 2 aromatic carbocycles. The predicted octanol–water partition coefficient (Wildman–Crippen LogP) is 4.57. The smallest absolute Gasteiger partial charge is 0.179 e. The van der Waals surface area contributed by atoms with Crippen LogP contribution >= 0.6 is 0 Å². The van der Waals surface area contributed by atoms with Crippen LogP contribution in [0, 0.1) is 17.4 Å². The second-order valence-electron chi connectivity index (χ2n) is 8.05. The van der Waals surface area contributed by atoms with Crippen molar-refractivity contribution in [3.63, 3.8) is 0 Å². The fourth-order valence-corrected chi connectivity index (χ4v) is 4.76. The lowest BCUT2D eigenvalue weighted by Crippen LogP contribution is -2.38. The molecule has 30 heavy (non-hydrogen) atoms. The van der Waals surface area contributed by atoms with Gasteiger partial charge in [-0.15, -0.1) is 0 Å². The van der Waals surface area contributed by atoms with Crippen molar-refractivity contribution in [3.8, 4) is 28.8 Å². The van der Waals surface area contributed by atoms with Gasteiger partial charge in [0.15, 0.2) is 6.19 Å². The molecule has 2 fully saturated rings. The van der Waals surface area contributed by atoms with Gasteiger partial charge in [0, 0.05) is 37.1 Å². The summed E-state index contributed by atoms with van der Waals surface area (Å²) in [6.45, 7) is 1.72. The lowest BCUT2D eigenvalue weighted by molar-refractivity contribution is 0.301. The molecule has 1 saturated heterocycles. The Kier molecular flexibility index (Phi) is 5.08. The summed E-state index contributed by atoms with van der Waals surface area (Å²) in [6.07, 6.45) is 8.30. The highest BCUT2D eigenvalue weighted by Crippen LogP contribution is 2.37. The predicted molar refractivity (Wildman–Crippen MR) is 116 cm³/mol. The van der Waals surface area contributed by atoms with E-state index < -0.39 is 0 Å². The van der Waals surface area contributed by atoms with Crippen LogP contribution in [-0.2, 0) is 6.54 Å². The van der Waals surface area contributed by atoms with E-state index in [-0.39, 0.29) is 0 Å². The van der Waals surface area contributed by atoms with Gasteiger partial charge in [-0.05, 0) is 48.1 Å².